The van der Waals surface area contributed by atoms with Gasteiger partial charge >= 0.3 is 0 Å². The summed E-state index contributed by atoms with van der Waals surface area (Å²) in [7, 11) is 3.87. The summed E-state index contributed by atoms with van der Waals surface area (Å²) in [6.45, 7) is 5.88. The molecule has 1 aromatic rings. The van der Waals surface area contributed by atoms with Gasteiger partial charge in [0, 0.05) is 50.9 Å². The largest absolute Gasteiger partial charge is 0.371 e. The predicted molar refractivity (Wildman–Crippen MR) is 78.7 cm³/mol. The monoisotopic (exact) mass is 292 g/mol. The number of rotatable bonds is 2. The number of hydrogen-bond acceptors (Lipinski definition) is 4. The second-order valence-corrected chi connectivity index (χ2v) is 6.28. The van der Waals surface area contributed by atoms with E-state index < -0.39 is 0 Å². The molecule has 0 aromatic carbocycles. The minimum absolute atomic E-state index is 0.0990. The summed E-state index contributed by atoms with van der Waals surface area (Å²) in [5, 5.41) is 4.41. The zero-order chi connectivity index (χ0) is 15.0. The first-order valence-corrected chi connectivity index (χ1v) is 7.59. The number of carbonyl (C=O) groups excluding carboxylic acids is 1. The van der Waals surface area contributed by atoms with E-state index in [4.69, 9.17) is 4.74 Å². The first-order chi connectivity index (χ1) is 10.0. The Bertz CT molecular complexity index is 528. The summed E-state index contributed by atoms with van der Waals surface area (Å²) in [5.41, 5.74) is 2.36. The molecule has 0 spiro atoms. The van der Waals surface area contributed by atoms with Gasteiger partial charge in [-0.05, 0) is 19.9 Å². The van der Waals surface area contributed by atoms with Gasteiger partial charge in [-0.15, -0.1) is 0 Å². The molecule has 2 atom stereocenters. The van der Waals surface area contributed by atoms with Crippen LogP contribution in [-0.4, -0.2) is 64.9 Å². The fourth-order valence-corrected chi connectivity index (χ4v) is 3.45. The van der Waals surface area contributed by atoms with Gasteiger partial charge in [0.15, 0.2) is 0 Å². The third-order valence-corrected chi connectivity index (χ3v) is 4.76. The van der Waals surface area contributed by atoms with E-state index in [0.29, 0.717) is 12.5 Å². The molecule has 21 heavy (non-hydrogen) atoms. The Labute approximate surface area is 125 Å². The van der Waals surface area contributed by atoms with Crippen molar-refractivity contribution < 1.29 is 9.53 Å². The Hall–Kier alpha value is -1.40. The lowest BCUT2D eigenvalue weighted by Gasteiger charge is -2.41. The van der Waals surface area contributed by atoms with E-state index in [1.165, 1.54) is 5.56 Å². The molecular formula is C15H24N4O2. The van der Waals surface area contributed by atoms with E-state index >= 15 is 0 Å². The van der Waals surface area contributed by atoms with Gasteiger partial charge in [0.2, 0.25) is 5.91 Å². The van der Waals surface area contributed by atoms with Crippen molar-refractivity contribution in [2.75, 3.05) is 33.4 Å². The van der Waals surface area contributed by atoms with Crippen LogP contribution in [0.15, 0.2) is 6.20 Å². The average Bonchev–Trinajstić information content (AvgIpc) is 2.69. The van der Waals surface area contributed by atoms with Gasteiger partial charge < -0.3 is 9.64 Å². The molecule has 0 saturated carbocycles. The van der Waals surface area contributed by atoms with E-state index in [9.17, 15) is 4.79 Å². The Morgan fingerprint density at radius 3 is 2.95 bits per heavy atom. The van der Waals surface area contributed by atoms with E-state index in [1.54, 1.807) is 0 Å². The van der Waals surface area contributed by atoms with Crippen molar-refractivity contribution >= 4 is 5.91 Å². The highest BCUT2D eigenvalue weighted by Crippen LogP contribution is 2.25. The summed E-state index contributed by atoms with van der Waals surface area (Å²) in [5.74, 6) is 0.564. The van der Waals surface area contributed by atoms with Gasteiger partial charge in [0.25, 0.3) is 0 Å². The van der Waals surface area contributed by atoms with E-state index in [-0.39, 0.29) is 18.6 Å². The van der Waals surface area contributed by atoms with Crippen LogP contribution >= 0.6 is 0 Å². The molecule has 6 nitrogen and oxygen atoms in total. The third kappa shape index (κ3) is 2.96. The molecule has 2 aliphatic heterocycles. The van der Waals surface area contributed by atoms with Crippen molar-refractivity contribution in [3.63, 3.8) is 0 Å². The number of ether oxygens (including phenoxy) is 1. The molecule has 6 heteroatoms. The molecule has 2 fully saturated rings. The zero-order valence-corrected chi connectivity index (χ0v) is 13.1. The molecule has 3 rings (SSSR count). The minimum Gasteiger partial charge on any atom is -0.371 e. The lowest BCUT2D eigenvalue weighted by molar-refractivity contribution is -0.134. The standard InChI is InChI=1S/C15H24N4O2/c1-11-13(6-17(2)16-11)7-19-5-4-12-9-21-10-15(20)18(3)14(12)8-19/h6,12,14H,4-5,7-10H2,1-3H3/t12-,14-/m0/s1. The molecule has 3 heterocycles. The van der Waals surface area contributed by atoms with Crippen LogP contribution in [0.1, 0.15) is 17.7 Å². The highest BCUT2D eigenvalue weighted by molar-refractivity contribution is 5.77. The van der Waals surface area contributed by atoms with Crippen LogP contribution < -0.4 is 0 Å². The Balaban J connectivity index is 1.70. The number of carbonyl (C=O) groups is 1. The topological polar surface area (TPSA) is 50.6 Å². The van der Waals surface area contributed by atoms with Gasteiger partial charge in [-0.2, -0.15) is 5.10 Å². The lowest BCUT2D eigenvalue weighted by atomic mass is 9.91. The smallest absolute Gasteiger partial charge is 0.248 e. The summed E-state index contributed by atoms with van der Waals surface area (Å²) < 4.78 is 7.37. The normalized spacial score (nSPS) is 27.6. The number of aryl methyl sites for hydroxylation is 2. The highest BCUT2D eigenvalue weighted by Gasteiger charge is 2.36. The van der Waals surface area contributed by atoms with Crippen molar-refractivity contribution in [3.8, 4) is 0 Å². The number of hydrogen-bond donors (Lipinski definition) is 0. The number of fused-ring (bicyclic) bond motifs is 1. The molecule has 2 saturated heterocycles. The van der Waals surface area contributed by atoms with Crippen LogP contribution in [0.3, 0.4) is 0 Å². The maximum absolute atomic E-state index is 12.0. The van der Waals surface area contributed by atoms with Crippen LogP contribution in [0.2, 0.25) is 0 Å². The molecular weight excluding hydrogens is 268 g/mol. The molecule has 0 unspecified atom stereocenters. The fourth-order valence-electron chi connectivity index (χ4n) is 3.45. The van der Waals surface area contributed by atoms with Gasteiger partial charge in [-0.3, -0.25) is 14.4 Å². The second-order valence-electron chi connectivity index (χ2n) is 6.28. The molecule has 2 aliphatic rings. The van der Waals surface area contributed by atoms with Crippen molar-refractivity contribution in [1.82, 2.24) is 19.6 Å². The van der Waals surface area contributed by atoms with E-state index in [0.717, 1.165) is 31.7 Å². The maximum Gasteiger partial charge on any atom is 0.248 e. The number of likely N-dealkylation sites (N-methyl/N-ethyl adjacent to an activating group) is 1. The first-order valence-electron chi connectivity index (χ1n) is 7.59. The van der Waals surface area contributed by atoms with Crippen LogP contribution in [0.5, 0.6) is 0 Å². The van der Waals surface area contributed by atoms with Gasteiger partial charge in [0.05, 0.1) is 12.3 Å². The van der Waals surface area contributed by atoms with Crippen molar-refractivity contribution in [3.05, 3.63) is 17.5 Å². The zero-order valence-electron chi connectivity index (χ0n) is 13.1. The first kappa shape index (κ1) is 14.5. The summed E-state index contributed by atoms with van der Waals surface area (Å²) in [6.07, 6.45) is 3.17. The predicted octanol–water partition coefficient (Wildman–Crippen LogP) is 0.408. The van der Waals surface area contributed by atoms with Crippen molar-refractivity contribution in [2.45, 2.75) is 25.9 Å². The molecule has 0 radical (unpaired) electrons. The maximum atomic E-state index is 12.0. The Kier molecular flexibility index (Phi) is 3.99. The van der Waals surface area contributed by atoms with Crippen LogP contribution in [0.4, 0.5) is 0 Å². The third-order valence-electron chi connectivity index (χ3n) is 4.76. The molecule has 0 bridgehead atoms. The van der Waals surface area contributed by atoms with Crippen molar-refractivity contribution in [2.24, 2.45) is 13.0 Å². The van der Waals surface area contributed by atoms with Gasteiger partial charge in [0.1, 0.15) is 6.61 Å². The molecule has 1 aromatic heterocycles. The SMILES string of the molecule is Cc1nn(C)cc1CN1CC[C@H]2COCC(=O)N(C)[C@H]2C1. The summed E-state index contributed by atoms with van der Waals surface area (Å²) in [6, 6.07) is 0.269. The molecule has 0 N–H and O–H groups in total. The summed E-state index contributed by atoms with van der Waals surface area (Å²) in [4.78, 5) is 16.3. The van der Waals surface area contributed by atoms with Crippen LogP contribution in [-0.2, 0) is 23.1 Å². The van der Waals surface area contributed by atoms with Crippen LogP contribution in [0.25, 0.3) is 0 Å². The second kappa shape index (κ2) is 5.77. The molecule has 1 amide bonds. The Morgan fingerprint density at radius 2 is 2.24 bits per heavy atom. The van der Waals surface area contributed by atoms with Crippen LogP contribution in [0, 0.1) is 12.8 Å². The quantitative estimate of drug-likeness (QED) is 0.792. The van der Waals surface area contributed by atoms with E-state index in [1.807, 2.05) is 23.7 Å². The molecule has 0 aliphatic carbocycles. The van der Waals surface area contributed by atoms with Gasteiger partial charge in [-0.25, -0.2) is 0 Å². The molecule has 116 valence electrons. The number of nitrogens with zero attached hydrogens (tertiary/aromatic N) is 4. The number of aromatic nitrogens is 2. The van der Waals surface area contributed by atoms with Gasteiger partial charge in [-0.1, -0.05) is 0 Å². The Morgan fingerprint density at radius 1 is 1.43 bits per heavy atom. The highest BCUT2D eigenvalue weighted by atomic mass is 16.5. The van der Waals surface area contributed by atoms with Crippen molar-refractivity contribution in [1.29, 1.82) is 0 Å². The average molecular weight is 292 g/mol. The lowest BCUT2D eigenvalue weighted by Crippen LogP contribution is -2.52. The number of piperidine rings is 1. The fraction of sp³-hybridized carbons (Fsp3) is 0.733. The minimum atomic E-state index is 0.0990. The number of likely N-dealkylation sites (tertiary alicyclic amines) is 1. The van der Waals surface area contributed by atoms with E-state index in [2.05, 4.69) is 23.1 Å². The number of amides is 1. The summed E-state index contributed by atoms with van der Waals surface area (Å²) >= 11 is 0.